The number of amides is 1. The van der Waals surface area contributed by atoms with Gasteiger partial charge in [-0.25, -0.2) is 4.98 Å². The van der Waals surface area contributed by atoms with Crippen LogP contribution < -0.4 is 15.4 Å². The number of aryl methyl sites for hydroxylation is 1. The van der Waals surface area contributed by atoms with Crippen LogP contribution in [0, 0.1) is 0 Å². The van der Waals surface area contributed by atoms with Crippen molar-refractivity contribution in [3.05, 3.63) is 84.1 Å². The number of aromatic nitrogens is 1. The molecule has 2 aromatic carbocycles. The van der Waals surface area contributed by atoms with Crippen LogP contribution >= 0.6 is 0 Å². The van der Waals surface area contributed by atoms with Crippen LogP contribution in [0.5, 0.6) is 5.75 Å². The van der Waals surface area contributed by atoms with Crippen molar-refractivity contribution in [3.8, 4) is 5.75 Å². The van der Waals surface area contributed by atoms with Gasteiger partial charge in [0, 0.05) is 18.3 Å². The number of para-hydroxylation sites is 2. The average molecular weight is 361 g/mol. The summed E-state index contributed by atoms with van der Waals surface area (Å²) in [5, 5.41) is 6.16. The topological polar surface area (TPSA) is 63.2 Å². The number of benzene rings is 2. The first-order chi connectivity index (χ1) is 13.3. The quantitative estimate of drug-likeness (QED) is 0.590. The minimum absolute atomic E-state index is 0.103. The zero-order valence-electron chi connectivity index (χ0n) is 15.3. The molecule has 5 heteroatoms. The summed E-state index contributed by atoms with van der Waals surface area (Å²) in [6, 6.07) is 21.3. The summed E-state index contributed by atoms with van der Waals surface area (Å²) in [5.74, 6) is 1.21. The number of carbonyl (C=O) groups excluding carboxylic acids is 1. The van der Waals surface area contributed by atoms with Gasteiger partial charge in [-0.2, -0.15) is 0 Å². The average Bonchev–Trinajstić information content (AvgIpc) is 2.72. The second-order valence-electron chi connectivity index (χ2n) is 6.10. The fraction of sp³-hybridized carbons (Fsp3) is 0.182. The molecule has 27 heavy (non-hydrogen) atoms. The summed E-state index contributed by atoms with van der Waals surface area (Å²) in [6.45, 7) is 0.630. The lowest BCUT2D eigenvalue weighted by Crippen LogP contribution is -2.24. The maximum Gasteiger partial charge on any atom is 0.251 e. The summed E-state index contributed by atoms with van der Waals surface area (Å²) in [4.78, 5) is 16.7. The molecule has 3 rings (SSSR count). The molecule has 0 fully saturated rings. The number of hydrogen-bond acceptors (Lipinski definition) is 4. The molecule has 0 bridgehead atoms. The van der Waals surface area contributed by atoms with E-state index in [-0.39, 0.29) is 5.91 Å². The van der Waals surface area contributed by atoms with Crippen molar-refractivity contribution in [3.63, 3.8) is 0 Å². The maximum absolute atomic E-state index is 12.4. The van der Waals surface area contributed by atoms with E-state index in [4.69, 9.17) is 4.74 Å². The molecule has 0 saturated carbocycles. The van der Waals surface area contributed by atoms with Gasteiger partial charge in [0.25, 0.3) is 5.91 Å². The van der Waals surface area contributed by atoms with E-state index in [0.717, 1.165) is 24.3 Å². The third-order valence-corrected chi connectivity index (χ3v) is 4.16. The van der Waals surface area contributed by atoms with Gasteiger partial charge in [0.05, 0.1) is 12.8 Å². The highest BCUT2D eigenvalue weighted by atomic mass is 16.5. The Bertz CT molecular complexity index is 881. The molecule has 0 aliphatic carbocycles. The van der Waals surface area contributed by atoms with Gasteiger partial charge in [-0.05, 0) is 42.7 Å². The van der Waals surface area contributed by atoms with Gasteiger partial charge < -0.3 is 15.4 Å². The second-order valence-corrected chi connectivity index (χ2v) is 6.10. The largest absolute Gasteiger partial charge is 0.495 e. The Hall–Kier alpha value is -3.34. The molecule has 0 aliphatic heterocycles. The second kappa shape index (κ2) is 9.38. The van der Waals surface area contributed by atoms with E-state index in [9.17, 15) is 4.79 Å². The number of nitrogens with zero attached hydrogens (tertiary/aromatic N) is 1. The Morgan fingerprint density at radius 1 is 1.04 bits per heavy atom. The zero-order chi connectivity index (χ0) is 18.9. The SMILES string of the molecule is COc1ccccc1Nc1cc(C(=O)NCCCc2ccccc2)ccn1. The summed E-state index contributed by atoms with van der Waals surface area (Å²) < 4.78 is 5.33. The van der Waals surface area contributed by atoms with Gasteiger partial charge >= 0.3 is 0 Å². The van der Waals surface area contributed by atoms with Crippen molar-refractivity contribution in [1.29, 1.82) is 0 Å². The molecule has 1 aromatic heterocycles. The van der Waals surface area contributed by atoms with Crippen LogP contribution in [-0.2, 0) is 6.42 Å². The van der Waals surface area contributed by atoms with E-state index in [0.29, 0.717) is 17.9 Å². The monoisotopic (exact) mass is 361 g/mol. The molecule has 0 atom stereocenters. The van der Waals surface area contributed by atoms with E-state index in [1.54, 1.807) is 25.4 Å². The van der Waals surface area contributed by atoms with E-state index >= 15 is 0 Å². The van der Waals surface area contributed by atoms with Crippen LogP contribution in [0.1, 0.15) is 22.3 Å². The summed E-state index contributed by atoms with van der Waals surface area (Å²) in [5.41, 5.74) is 2.65. The molecular formula is C22H23N3O2. The third kappa shape index (κ3) is 5.31. The Kier molecular flexibility index (Phi) is 6.41. The number of rotatable bonds is 8. The fourth-order valence-corrected chi connectivity index (χ4v) is 2.77. The fourth-order valence-electron chi connectivity index (χ4n) is 2.77. The predicted molar refractivity (Wildman–Crippen MR) is 108 cm³/mol. The normalized spacial score (nSPS) is 10.3. The van der Waals surface area contributed by atoms with Gasteiger partial charge in [-0.1, -0.05) is 42.5 Å². The van der Waals surface area contributed by atoms with Crippen molar-refractivity contribution in [2.45, 2.75) is 12.8 Å². The van der Waals surface area contributed by atoms with Crippen LogP contribution in [0.4, 0.5) is 11.5 Å². The Balaban J connectivity index is 1.55. The number of hydrogen-bond donors (Lipinski definition) is 2. The molecule has 1 heterocycles. The maximum atomic E-state index is 12.4. The van der Waals surface area contributed by atoms with E-state index in [2.05, 4.69) is 27.8 Å². The first-order valence-corrected chi connectivity index (χ1v) is 8.94. The molecule has 3 aromatic rings. The van der Waals surface area contributed by atoms with E-state index < -0.39 is 0 Å². The molecule has 2 N–H and O–H groups in total. The highest BCUT2D eigenvalue weighted by Gasteiger charge is 2.08. The molecular weight excluding hydrogens is 338 g/mol. The number of nitrogens with one attached hydrogen (secondary N) is 2. The first-order valence-electron chi connectivity index (χ1n) is 8.94. The van der Waals surface area contributed by atoms with Crippen LogP contribution in [0.25, 0.3) is 0 Å². The Labute approximate surface area is 159 Å². The Morgan fingerprint density at radius 2 is 1.81 bits per heavy atom. The molecule has 0 spiro atoms. The summed E-state index contributed by atoms with van der Waals surface area (Å²) in [7, 11) is 1.62. The number of carbonyl (C=O) groups is 1. The number of ether oxygens (including phenoxy) is 1. The number of pyridine rings is 1. The van der Waals surface area contributed by atoms with Gasteiger partial charge in [-0.15, -0.1) is 0 Å². The van der Waals surface area contributed by atoms with Gasteiger partial charge in [-0.3, -0.25) is 4.79 Å². The summed E-state index contributed by atoms with van der Waals surface area (Å²) >= 11 is 0. The number of anilines is 2. The molecule has 0 unspecified atom stereocenters. The first kappa shape index (κ1) is 18.5. The molecule has 1 amide bonds. The van der Waals surface area contributed by atoms with Crippen molar-refractivity contribution in [2.24, 2.45) is 0 Å². The molecule has 0 radical (unpaired) electrons. The predicted octanol–water partition coefficient (Wildman–Crippen LogP) is 4.20. The van der Waals surface area contributed by atoms with Crippen LogP contribution in [0.2, 0.25) is 0 Å². The zero-order valence-corrected chi connectivity index (χ0v) is 15.3. The molecule has 0 aliphatic rings. The minimum atomic E-state index is -0.103. The molecule has 138 valence electrons. The van der Waals surface area contributed by atoms with Gasteiger partial charge in [0.1, 0.15) is 11.6 Å². The lowest BCUT2D eigenvalue weighted by Gasteiger charge is -2.11. The van der Waals surface area contributed by atoms with Crippen molar-refractivity contribution < 1.29 is 9.53 Å². The van der Waals surface area contributed by atoms with Crippen LogP contribution in [0.3, 0.4) is 0 Å². The highest BCUT2D eigenvalue weighted by molar-refractivity contribution is 5.94. The Morgan fingerprint density at radius 3 is 2.63 bits per heavy atom. The summed E-state index contributed by atoms with van der Waals surface area (Å²) in [6.07, 6.45) is 3.46. The minimum Gasteiger partial charge on any atom is -0.495 e. The number of methoxy groups -OCH3 is 1. The van der Waals surface area contributed by atoms with Gasteiger partial charge in [0.15, 0.2) is 0 Å². The van der Waals surface area contributed by atoms with Crippen molar-refractivity contribution >= 4 is 17.4 Å². The van der Waals surface area contributed by atoms with Crippen LogP contribution in [-0.4, -0.2) is 24.5 Å². The van der Waals surface area contributed by atoms with Crippen molar-refractivity contribution in [2.75, 3.05) is 19.0 Å². The lowest BCUT2D eigenvalue weighted by molar-refractivity contribution is 0.0953. The van der Waals surface area contributed by atoms with E-state index in [1.807, 2.05) is 42.5 Å². The lowest BCUT2D eigenvalue weighted by atomic mass is 10.1. The van der Waals surface area contributed by atoms with Crippen LogP contribution in [0.15, 0.2) is 72.9 Å². The third-order valence-electron chi connectivity index (χ3n) is 4.16. The smallest absolute Gasteiger partial charge is 0.251 e. The molecule has 5 nitrogen and oxygen atoms in total. The highest BCUT2D eigenvalue weighted by Crippen LogP contribution is 2.26. The standard InChI is InChI=1S/C22H23N3O2/c1-27-20-12-6-5-11-19(20)25-21-16-18(13-15-23-21)22(26)24-14-7-10-17-8-3-2-4-9-17/h2-6,8-9,11-13,15-16H,7,10,14H2,1H3,(H,23,25)(H,24,26). The van der Waals surface area contributed by atoms with Gasteiger partial charge in [0.2, 0.25) is 0 Å². The van der Waals surface area contributed by atoms with Crippen molar-refractivity contribution in [1.82, 2.24) is 10.3 Å². The molecule has 0 saturated heterocycles. The van der Waals surface area contributed by atoms with E-state index in [1.165, 1.54) is 5.56 Å².